The topological polar surface area (TPSA) is 38.1 Å². The monoisotopic (exact) mass is 235 g/mol. The number of rotatable bonds is 3. The van der Waals surface area contributed by atoms with Gasteiger partial charge in [0.1, 0.15) is 5.82 Å². The van der Waals surface area contributed by atoms with Gasteiger partial charge in [-0.15, -0.1) is 0 Å². The molecule has 94 valence electrons. The maximum atomic E-state index is 12.4. The minimum Gasteiger partial charge on any atom is -0.337 e. The van der Waals surface area contributed by atoms with Gasteiger partial charge in [-0.2, -0.15) is 0 Å². The molecule has 1 aliphatic rings. The molecule has 0 aromatic carbocycles. The largest absolute Gasteiger partial charge is 0.337 e. The van der Waals surface area contributed by atoms with E-state index in [-0.39, 0.29) is 11.3 Å². The van der Waals surface area contributed by atoms with Crippen molar-refractivity contribution in [3.63, 3.8) is 0 Å². The Morgan fingerprint density at radius 3 is 2.59 bits per heavy atom. The fourth-order valence-corrected chi connectivity index (χ4v) is 1.88. The van der Waals surface area contributed by atoms with E-state index < -0.39 is 0 Å². The van der Waals surface area contributed by atoms with E-state index in [1.807, 2.05) is 43.5 Å². The average molecular weight is 235 g/mol. The molecule has 0 spiro atoms. The molecule has 0 atom stereocenters. The molecule has 17 heavy (non-hydrogen) atoms. The van der Waals surface area contributed by atoms with Crippen LogP contribution in [0.5, 0.6) is 0 Å². The van der Waals surface area contributed by atoms with Crippen molar-refractivity contribution < 1.29 is 4.79 Å². The van der Waals surface area contributed by atoms with Crippen LogP contribution in [0.25, 0.3) is 0 Å². The second-order valence-corrected chi connectivity index (χ2v) is 5.87. The van der Waals surface area contributed by atoms with Gasteiger partial charge in [0.15, 0.2) is 0 Å². The van der Waals surface area contributed by atoms with E-state index in [9.17, 15) is 4.79 Å². The second-order valence-electron chi connectivity index (χ2n) is 5.87. The van der Waals surface area contributed by atoms with Gasteiger partial charge in [-0.25, -0.2) is 4.98 Å². The van der Waals surface area contributed by atoms with E-state index in [1.165, 1.54) is 0 Å². The Kier molecular flexibility index (Phi) is 2.98. The predicted octanol–water partition coefficient (Wildman–Crippen LogP) is 1.96. The molecule has 1 aliphatic carbocycles. The number of hydrogen-bond acceptors (Lipinski definition) is 2. The molecular weight excluding hydrogens is 214 g/mol. The summed E-state index contributed by atoms with van der Waals surface area (Å²) >= 11 is 0. The molecule has 0 unspecified atom stereocenters. The fourth-order valence-electron chi connectivity index (χ4n) is 1.88. The predicted molar refractivity (Wildman–Crippen MR) is 66.2 cm³/mol. The molecule has 1 amide bonds. The highest BCUT2D eigenvalue weighted by Gasteiger charge is 2.37. The molecule has 4 nitrogen and oxygen atoms in total. The molecule has 0 saturated heterocycles. The number of nitrogens with zero attached hydrogens (tertiary/aromatic N) is 3. The van der Waals surface area contributed by atoms with Crippen LogP contribution in [0.3, 0.4) is 0 Å². The van der Waals surface area contributed by atoms with Crippen molar-refractivity contribution in [3.8, 4) is 0 Å². The van der Waals surface area contributed by atoms with Crippen molar-refractivity contribution >= 4 is 5.91 Å². The number of amides is 1. The van der Waals surface area contributed by atoms with Crippen molar-refractivity contribution in [1.29, 1.82) is 0 Å². The van der Waals surface area contributed by atoms with Crippen molar-refractivity contribution in [2.45, 2.75) is 46.2 Å². The third kappa shape index (κ3) is 2.68. The van der Waals surface area contributed by atoms with Crippen LogP contribution >= 0.6 is 0 Å². The Balaban J connectivity index is 2.14. The van der Waals surface area contributed by atoms with Gasteiger partial charge in [0.2, 0.25) is 5.91 Å². The summed E-state index contributed by atoms with van der Waals surface area (Å²) in [5.74, 6) is 1.18. The van der Waals surface area contributed by atoms with Crippen molar-refractivity contribution in [3.05, 3.63) is 18.2 Å². The van der Waals surface area contributed by atoms with Gasteiger partial charge < -0.3 is 9.47 Å². The highest BCUT2D eigenvalue weighted by atomic mass is 16.2. The minimum absolute atomic E-state index is 0.225. The van der Waals surface area contributed by atoms with Crippen LogP contribution in [0.1, 0.15) is 39.4 Å². The Morgan fingerprint density at radius 1 is 1.53 bits per heavy atom. The maximum absolute atomic E-state index is 12.4. The van der Waals surface area contributed by atoms with Crippen molar-refractivity contribution in [1.82, 2.24) is 14.5 Å². The second kappa shape index (κ2) is 4.17. The summed E-state index contributed by atoms with van der Waals surface area (Å²) in [6, 6.07) is 0.429. The van der Waals surface area contributed by atoms with E-state index in [1.54, 1.807) is 6.20 Å². The fraction of sp³-hybridized carbons (Fsp3) is 0.692. The zero-order chi connectivity index (χ0) is 12.6. The number of carbonyl (C=O) groups excluding carboxylic acids is 1. The Labute approximate surface area is 103 Å². The van der Waals surface area contributed by atoms with Crippen LogP contribution in [0.15, 0.2) is 12.4 Å². The van der Waals surface area contributed by atoms with E-state index in [2.05, 4.69) is 4.98 Å². The normalized spacial score (nSPS) is 16.0. The van der Waals surface area contributed by atoms with E-state index >= 15 is 0 Å². The number of aromatic nitrogens is 2. The molecule has 4 heteroatoms. The first kappa shape index (κ1) is 12.1. The van der Waals surface area contributed by atoms with Crippen LogP contribution in [0.2, 0.25) is 0 Å². The average Bonchev–Trinajstić information content (AvgIpc) is 2.98. The number of hydrogen-bond donors (Lipinski definition) is 0. The van der Waals surface area contributed by atoms with Gasteiger partial charge in [-0.3, -0.25) is 4.79 Å². The third-order valence-corrected chi connectivity index (χ3v) is 3.12. The van der Waals surface area contributed by atoms with Crippen LogP contribution in [0, 0.1) is 5.41 Å². The summed E-state index contributed by atoms with van der Waals surface area (Å²) in [6.45, 7) is 6.56. The first-order valence-electron chi connectivity index (χ1n) is 6.17. The first-order valence-corrected chi connectivity index (χ1v) is 6.17. The lowest BCUT2D eigenvalue weighted by Gasteiger charge is -2.29. The van der Waals surface area contributed by atoms with Crippen LogP contribution in [-0.2, 0) is 18.4 Å². The lowest BCUT2D eigenvalue weighted by molar-refractivity contribution is -0.140. The van der Waals surface area contributed by atoms with E-state index in [0.29, 0.717) is 12.6 Å². The molecule has 0 N–H and O–H groups in total. The molecule has 1 saturated carbocycles. The van der Waals surface area contributed by atoms with E-state index in [4.69, 9.17) is 0 Å². The summed E-state index contributed by atoms with van der Waals surface area (Å²) in [5, 5.41) is 0. The van der Waals surface area contributed by atoms with Gasteiger partial charge in [0.25, 0.3) is 0 Å². The summed E-state index contributed by atoms with van der Waals surface area (Å²) in [5.41, 5.74) is -0.312. The number of imidazole rings is 1. The summed E-state index contributed by atoms with van der Waals surface area (Å²) in [6.07, 6.45) is 5.96. The smallest absolute Gasteiger partial charge is 0.228 e. The highest BCUT2D eigenvalue weighted by Crippen LogP contribution is 2.32. The molecule has 1 aromatic heterocycles. The highest BCUT2D eigenvalue weighted by molar-refractivity contribution is 5.82. The van der Waals surface area contributed by atoms with Gasteiger partial charge in [-0.05, 0) is 12.8 Å². The Bertz CT molecular complexity index is 413. The first-order chi connectivity index (χ1) is 7.89. The summed E-state index contributed by atoms with van der Waals surface area (Å²) in [7, 11) is 1.97. The molecular formula is C13H21N3O. The SMILES string of the molecule is Cn1ccnc1CN(C(=O)C(C)(C)C)C1CC1. The van der Waals surface area contributed by atoms with Gasteiger partial charge in [-0.1, -0.05) is 20.8 Å². The standard InChI is InChI=1S/C13H21N3O/c1-13(2,3)12(17)16(10-5-6-10)9-11-14-7-8-15(11)4/h7-8,10H,5-6,9H2,1-4H3. The molecule has 1 aromatic rings. The van der Waals surface area contributed by atoms with Crippen molar-refractivity contribution in [2.24, 2.45) is 12.5 Å². The van der Waals surface area contributed by atoms with Crippen LogP contribution in [-0.4, -0.2) is 26.4 Å². The minimum atomic E-state index is -0.312. The Hall–Kier alpha value is -1.32. The lowest BCUT2D eigenvalue weighted by atomic mass is 9.94. The zero-order valence-corrected chi connectivity index (χ0v) is 11.1. The van der Waals surface area contributed by atoms with Crippen LogP contribution < -0.4 is 0 Å². The lowest BCUT2D eigenvalue weighted by Crippen LogP contribution is -2.41. The molecule has 1 heterocycles. The molecule has 0 aliphatic heterocycles. The summed E-state index contributed by atoms with van der Waals surface area (Å²) < 4.78 is 1.98. The molecule has 0 bridgehead atoms. The van der Waals surface area contributed by atoms with Crippen molar-refractivity contribution in [2.75, 3.05) is 0 Å². The molecule has 2 rings (SSSR count). The molecule has 0 radical (unpaired) electrons. The van der Waals surface area contributed by atoms with Gasteiger partial charge >= 0.3 is 0 Å². The number of carbonyl (C=O) groups is 1. The maximum Gasteiger partial charge on any atom is 0.228 e. The number of aryl methyl sites for hydroxylation is 1. The van der Waals surface area contributed by atoms with Crippen LogP contribution in [0.4, 0.5) is 0 Å². The Morgan fingerprint density at radius 2 is 2.18 bits per heavy atom. The zero-order valence-electron chi connectivity index (χ0n) is 11.1. The van der Waals surface area contributed by atoms with E-state index in [0.717, 1.165) is 18.7 Å². The van der Waals surface area contributed by atoms with Gasteiger partial charge in [0, 0.05) is 30.9 Å². The summed E-state index contributed by atoms with van der Waals surface area (Å²) in [4.78, 5) is 18.7. The molecule has 1 fully saturated rings. The quantitative estimate of drug-likeness (QED) is 0.803. The third-order valence-electron chi connectivity index (χ3n) is 3.12. The van der Waals surface area contributed by atoms with Gasteiger partial charge in [0.05, 0.1) is 6.54 Å².